The zero-order valence-corrected chi connectivity index (χ0v) is 17.3. The predicted octanol–water partition coefficient (Wildman–Crippen LogP) is 2.30. The molecule has 1 amide bonds. The number of anilines is 1. The van der Waals surface area contributed by atoms with E-state index in [9.17, 15) is 13.2 Å². The molecule has 2 aromatic carbocycles. The van der Waals surface area contributed by atoms with Gasteiger partial charge in [-0.15, -0.1) is 0 Å². The van der Waals surface area contributed by atoms with E-state index in [4.69, 9.17) is 0 Å². The Morgan fingerprint density at radius 3 is 2.29 bits per heavy atom. The van der Waals surface area contributed by atoms with Crippen molar-refractivity contribution in [3.05, 3.63) is 65.7 Å². The molecule has 1 heterocycles. The fraction of sp³-hybridized carbons (Fsp3) is 0.381. The molecule has 0 aliphatic carbocycles. The average molecular weight is 402 g/mol. The number of sulfonamides is 1. The molecule has 0 spiro atoms. The van der Waals surface area contributed by atoms with Crippen LogP contribution < -0.4 is 10.2 Å². The van der Waals surface area contributed by atoms with Gasteiger partial charge in [-0.25, -0.2) is 12.7 Å². The van der Waals surface area contributed by atoms with E-state index in [2.05, 4.69) is 5.32 Å². The maximum Gasteiger partial charge on any atom is 0.251 e. The molecule has 1 fully saturated rings. The third-order valence-electron chi connectivity index (χ3n) is 5.23. The Morgan fingerprint density at radius 1 is 1.07 bits per heavy atom. The molecule has 1 saturated heterocycles. The Kier molecular flexibility index (Phi) is 6.05. The Labute approximate surface area is 167 Å². The molecule has 0 bridgehead atoms. The van der Waals surface area contributed by atoms with Gasteiger partial charge in [-0.3, -0.25) is 4.79 Å². The van der Waals surface area contributed by atoms with Gasteiger partial charge in [-0.05, 0) is 36.2 Å². The van der Waals surface area contributed by atoms with Crippen molar-refractivity contribution in [1.82, 2.24) is 9.62 Å². The van der Waals surface area contributed by atoms with Crippen molar-refractivity contribution in [2.45, 2.75) is 18.4 Å². The zero-order chi connectivity index (χ0) is 20.3. The van der Waals surface area contributed by atoms with Crippen LogP contribution >= 0.6 is 0 Å². The maximum absolute atomic E-state index is 12.8. The first-order valence-corrected chi connectivity index (χ1v) is 11.2. The number of amides is 1. The first kappa shape index (κ1) is 20.4. The summed E-state index contributed by atoms with van der Waals surface area (Å²) in [5.41, 5.74) is 2.69. The lowest BCUT2D eigenvalue weighted by Crippen LogP contribution is -2.52. The van der Waals surface area contributed by atoms with Gasteiger partial charge in [-0.1, -0.05) is 30.3 Å². The number of hydrogen-bond acceptors (Lipinski definition) is 4. The number of piperidine rings is 1. The number of rotatable bonds is 5. The Morgan fingerprint density at radius 2 is 1.71 bits per heavy atom. The molecule has 1 aliphatic heterocycles. The number of carbonyl (C=O) groups is 1. The Balaban J connectivity index is 1.82. The first-order valence-electron chi connectivity index (χ1n) is 9.34. The van der Waals surface area contributed by atoms with Crippen molar-refractivity contribution in [2.24, 2.45) is 0 Å². The summed E-state index contributed by atoms with van der Waals surface area (Å²) in [7, 11) is 0.588. The van der Waals surface area contributed by atoms with Crippen molar-refractivity contribution < 1.29 is 13.2 Å². The van der Waals surface area contributed by atoms with Crippen molar-refractivity contribution >= 4 is 21.6 Å². The summed E-state index contributed by atoms with van der Waals surface area (Å²) in [6.07, 6.45) is 1.89. The standard InChI is InChI=1S/C21H27N3O3S/c1-23(2)18-11-9-17(10-12-18)21(25)22-20-15-24(28(3,26)27)14-13-19(20)16-7-5-4-6-8-16/h4-12,19-20H,13-15H2,1-3H3,(H,22,25)/t19-,20-/m0/s1. The molecule has 150 valence electrons. The van der Waals surface area contributed by atoms with Crippen LogP contribution in [0.3, 0.4) is 0 Å². The molecule has 6 nitrogen and oxygen atoms in total. The van der Waals surface area contributed by atoms with Crippen molar-refractivity contribution in [3.63, 3.8) is 0 Å². The number of carbonyl (C=O) groups excluding carboxylic acids is 1. The lowest BCUT2D eigenvalue weighted by Gasteiger charge is -2.38. The molecule has 7 heteroatoms. The van der Waals surface area contributed by atoms with Crippen molar-refractivity contribution in [2.75, 3.05) is 38.3 Å². The normalized spacial score (nSPS) is 20.5. The molecule has 28 heavy (non-hydrogen) atoms. The molecule has 2 aromatic rings. The molecule has 0 radical (unpaired) electrons. The molecule has 3 rings (SSSR count). The summed E-state index contributed by atoms with van der Waals surface area (Å²) < 4.78 is 25.5. The predicted molar refractivity (Wildman–Crippen MR) is 112 cm³/mol. The number of hydrogen-bond donors (Lipinski definition) is 1. The van der Waals surface area contributed by atoms with Gasteiger partial charge < -0.3 is 10.2 Å². The minimum Gasteiger partial charge on any atom is -0.378 e. The van der Waals surface area contributed by atoms with Crippen molar-refractivity contribution in [3.8, 4) is 0 Å². The molecule has 0 saturated carbocycles. The van der Waals surface area contributed by atoms with Crippen LogP contribution in [-0.2, 0) is 10.0 Å². The third-order valence-corrected chi connectivity index (χ3v) is 6.50. The van der Waals surface area contributed by atoms with E-state index in [-0.39, 0.29) is 24.4 Å². The number of nitrogens with one attached hydrogen (secondary N) is 1. The van der Waals surface area contributed by atoms with Gasteiger partial charge >= 0.3 is 0 Å². The first-order chi connectivity index (χ1) is 13.3. The highest BCUT2D eigenvalue weighted by atomic mass is 32.2. The highest BCUT2D eigenvalue weighted by molar-refractivity contribution is 7.88. The van der Waals surface area contributed by atoms with Crippen LogP contribution in [0.4, 0.5) is 5.69 Å². The molecule has 1 aliphatic rings. The van der Waals surface area contributed by atoms with Crippen LogP contribution in [0.5, 0.6) is 0 Å². The van der Waals surface area contributed by atoms with E-state index in [0.717, 1.165) is 11.3 Å². The van der Waals surface area contributed by atoms with Gasteiger partial charge in [0.15, 0.2) is 0 Å². The van der Waals surface area contributed by atoms with Crippen LogP contribution in [0, 0.1) is 0 Å². The fourth-order valence-corrected chi connectivity index (χ4v) is 4.50. The molecular weight excluding hydrogens is 374 g/mol. The monoisotopic (exact) mass is 401 g/mol. The minimum absolute atomic E-state index is 0.0733. The number of nitrogens with zero attached hydrogens (tertiary/aromatic N) is 2. The van der Waals surface area contributed by atoms with Gasteiger partial charge in [0.05, 0.1) is 6.26 Å². The highest BCUT2D eigenvalue weighted by Gasteiger charge is 2.34. The highest BCUT2D eigenvalue weighted by Crippen LogP contribution is 2.29. The molecule has 2 atom stereocenters. The molecule has 0 unspecified atom stereocenters. The van der Waals surface area contributed by atoms with Gasteiger partial charge in [-0.2, -0.15) is 0 Å². The Hall–Kier alpha value is -2.38. The van der Waals surface area contributed by atoms with Crippen LogP contribution in [0.25, 0.3) is 0 Å². The van der Waals surface area contributed by atoms with Crippen LogP contribution in [-0.4, -0.2) is 58.1 Å². The van der Waals surface area contributed by atoms with Crippen LogP contribution in [0.15, 0.2) is 54.6 Å². The second-order valence-electron chi connectivity index (χ2n) is 7.45. The quantitative estimate of drug-likeness (QED) is 0.835. The van der Waals surface area contributed by atoms with E-state index >= 15 is 0 Å². The van der Waals surface area contributed by atoms with Gasteiger partial charge in [0.25, 0.3) is 5.91 Å². The second kappa shape index (κ2) is 8.32. The largest absolute Gasteiger partial charge is 0.378 e. The SMILES string of the molecule is CN(C)c1ccc(C(=O)N[C@H]2CN(S(C)(=O)=O)CC[C@H]2c2ccccc2)cc1. The molecule has 0 aromatic heterocycles. The van der Waals surface area contributed by atoms with E-state index < -0.39 is 10.0 Å². The number of benzene rings is 2. The van der Waals surface area contributed by atoms with Crippen molar-refractivity contribution in [1.29, 1.82) is 0 Å². The van der Waals surface area contributed by atoms with Crippen LogP contribution in [0.2, 0.25) is 0 Å². The molecular formula is C21H27N3O3S. The summed E-state index contributed by atoms with van der Waals surface area (Å²) in [5.74, 6) is -0.115. The molecule has 1 N–H and O–H groups in total. The van der Waals surface area contributed by atoms with E-state index in [1.54, 1.807) is 12.1 Å². The Bertz CT molecular complexity index is 912. The fourth-order valence-electron chi connectivity index (χ4n) is 3.63. The van der Waals surface area contributed by atoms with E-state index in [0.29, 0.717) is 18.5 Å². The smallest absolute Gasteiger partial charge is 0.251 e. The van der Waals surface area contributed by atoms with E-state index in [1.807, 2.05) is 61.5 Å². The summed E-state index contributed by atoms with van der Waals surface area (Å²) in [6, 6.07) is 17.0. The lowest BCUT2D eigenvalue weighted by molar-refractivity contribution is 0.0912. The van der Waals surface area contributed by atoms with E-state index in [1.165, 1.54) is 10.6 Å². The second-order valence-corrected chi connectivity index (χ2v) is 9.43. The zero-order valence-electron chi connectivity index (χ0n) is 16.5. The van der Waals surface area contributed by atoms with Gasteiger partial charge in [0.2, 0.25) is 10.0 Å². The van der Waals surface area contributed by atoms with Gasteiger partial charge in [0.1, 0.15) is 0 Å². The summed E-state index contributed by atoms with van der Waals surface area (Å²) in [4.78, 5) is 14.8. The average Bonchev–Trinajstić information content (AvgIpc) is 2.68. The summed E-state index contributed by atoms with van der Waals surface area (Å²) in [5, 5.41) is 3.08. The van der Waals surface area contributed by atoms with Crippen LogP contribution in [0.1, 0.15) is 28.3 Å². The minimum atomic E-state index is -3.30. The summed E-state index contributed by atoms with van der Waals surface area (Å²) in [6.45, 7) is 0.738. The summed E-state index contributed by atoms with van der Waals surface area (Å²) >= 11 is 0. The maximum atomic E-state index is 12.8. The van der Waals surface area contributed by atoms with Gasteiger partial charge in [0, 0.05) is 50.4 Å². The third kappa shape index (κ3) is 4.72. The topological polar surface area (TPSA) is 69.7 Å². The lowest BCUT2D eigenvalue weighted by atomic mass is 9.86.